The van der Waals surface area contributed by atoms with Gasteiger partial charge in [-0.05, 0) is 18.2 Å². The van der Waals surface area contributed by atoms with Crippen molar-refractivity contribution in [3.8, 4) is 0 Å². The first-order chi connectivity index (χ1) is 11.2. The molecule has 2 rings (SSSR count). The molecule has 1 fully saturated rings. The summed E-state index contributed by atoms with van der Waals surface area (Å²) in [7, 11) is 0. The van der Waals surface area contributed by atoms with Crippen LogP contribution in [0, 0.1) is 0 Å². The lowest BCUT2D eigenvalue weighted by Crippen LogP contribution is -2.51. The number of aliphatic carboxylic acids is 1. The van der Waals surface area contributed by atoms with Crippen LogP contribution in [0.15, 0.2) is 24.3 Å². The molecule has 1 aromatic carbocycles. The van der Waals surface area contributed by atoms with Crippen molar-refractivity contribution in [2.24, 2.45) is 0 Å². The number of amides is 2. The van der Waals surface area contributed by atoms with Gasteiger partial charge in [0.05, 0.1) is 10.8 Å². The molecule has 0 radical (unpaired) electrons. The molecule has 1 heterocycles. The van der Waals surface area contributed by atoms with Crippen molar-refractivity contribution in [2.45, 2.75) is 23.9 Å². The van der Waals surface area contributed by atoms with Crippen molar-refractivity contribution < 1.29 is 32.7 Å². The van der Waals surface area contributed by atoms with E-state index in [9.17, 15) is 27.6 Å². The first kappa shape index (κ1) is 18.1. The Balaban J connectivity index is 1.95. The fourth-order valence-corrected chi connectivity index (χ4v) is 3.17. The number of hydrogen-bond donors (Lipinski definition) is 3. The molecule has 3 N–H and O–H groups in total. The van der Waals surface area contributed by atoms with Gasteiger partial charge in [0.25, 0.3) is 0 Å². The van der Waals surface area contributed by atoms with Gasteiger partial charge in [0.2, 0.25) is 11.8 Å². The monoisotopic (exact) mass is 362 g/mol. The second kappa shape index (κ2) is 7.12. The number of nitrogens with one attached hydrogen (secondary N) is 2. The number of carboxylic acids is 1. The molecule has 0 aromatic heterocycles. The highest BCUT2D eigenvalue weighted by Crippen LogP contribution is 2.30. The predicted octanol–water partition coefficient (Wildman–Crippen LogP) is 1.72. The first-order valence-electron chi connectivity index (χ1n) is 6.78. The topological polar surface area (TPSA) is 95.5 Å². The van der Waals surface area contributed by atoms with Crippen LogP contribution in [0.25, 0.3) is 0 Å². The zero-order chi connectivity index (χ0) is 17.9. The van der Waals surface area contributed by atoms with Crippen molar-refractivity contribution in [1.29, 1.82) is 0 Å². The summed E-state index contributed by atoms with van der Waals surface area (Å²) in [6.45, 7) is 0. The van der Waals surface area contributed by atoms with Gasteiger partial charge in [-0.1, -0.05) is 6.07 Å². The number of alkyl halides is 3. The van der Waals surface area contributed by atoms with Gasteiger partial charge in [-0.3, -0.25) is 9.59 Å². The Labute approximate surface area is 138 Å². The van der Waals surface area contributed by atoms with Crippen LogP contribution in [0.4, 0.5) is 18.9 Å². The van der Waals surface area contributed by atoms with Crippen molar-refractivity contribution in [1.82, 2.24) is 5.32 Å². The number of carboxylic acid groups (broad SMARTS) is 1. The van der Waals surface area contributed by atoms with Crippen LogP contribution in [-0.4, -0.2) is 39.9 Å². The minimum atomic E-state index is -4.52. The Kier molecular flexibility index (Phi) is 5.37. The number of carbonyl (C=O) groups excluding carboxylic acids is 2. The standard InChI is InChI=1S/C14H13F3N2O4S/c15-14(16,17)7-2-1-3-8(4-7)18-11(20)5-10-12(21)19-9(6-24-10)13(22)23/h1-4,9-10H,5-6H2,(H,18,20)(H,19,21)(H,22,23). The van der Waals surface area contributed by atoms with Crippen molar-refractivity contribution >= 4 is 35.2 Å². The lowest BCUT2D eigenvalue weighted by atomic mass is 10.2. The maximum Gasteiger partial charge on any atom is 0.416 e. The van der Waals surface area contributed by atoms with Crippen LogP contribution in [0.1, 0.15) is 12.0 Å². The van der Waals surface area contributed by atoms with Gasteiger partial charge >= 0.3 is 12.1 Å². The highest BCUT2D eigenvalue weighted by atomic mass is 32.2. The van der Waals surface area contributed by atoms with Crippen molar-refractivity contribution in [3.05, 3.63) is 29.8 Å². The predicted molar refractivity (Wildman–Crippen MR) is 80.5 cm³/mol. The molecule has 2 atom stereocenters. The summed E-state index contributed by atoms with van der Waals surface area (Å²) < 4.78 is 37.8. The van der Waals surface area contributed by atoms with E-state index in [0.717, 1.165) is 30.0 Å². The highest BCUT2D eigenvalue weighted by Gasteiger charge is 2.34. The van der Waals surface area contributed by atoms with E-state index in [0.29, 0.717) is 0 Å². The van der Waals surface area contributed by atoms with Gasteiger partial charge < -0.3 is 15.7 Å². The van der Waals surface area contributed by atoms with E-state index in [-0.39, 0.29) is 17.9 Å². The Morgan fingerprint density at radius 1 is 1.38 bits per heavy atom. The van der Waals surface area contributed by atoms with Gasteiger partial charge in [-0.2, -0.15) is 13.2 Å². The van der Waals surface area contributed by atoms with E-state index < -0.39 is 40.8 Å². The molecule has 130 valence electrons. The van der Waals surface area contributed by atoms with E-state index in [2.05, 4.69) is 10.6 Å². The Hall–Kier alpha value is -2.23. The summed E-state index contributed by atoms with van der Waals surface area (Å²) in [4.78, 5) is 34.4. The van der Waals surface area contributed by atoms with Gasteiger partial charge in [0.15, 0.2) is 0 Å². The lowest BCUT2D eigenvalue weighted by molar-refractivity contribution is -0.141. The number of carbonyl (C=O) groups is 3. The number of anilines is 1. The number of benzene rings is 1. The summed E-state index contributed by atoms with van der Waals surface area (Å²) >= 11 is 1.02. The highest BCUT2D eigenvalue weighted by molar-refractivity contribution is 8.00. The molecular weight excluding hydrogens is 349 g/mol. The minimum absolute atomic E-state index is 0.0283. The van der Waals surface area contributed by atoms with E-state index in [4.69, 9.17) is 5.11 Å². The normalized spacial score (nSPS) is 21.0. The van der Waals surface area contributed by atoms with Crippen molar-refractivity contribution in [2.75, 3.05) is 11.1 Å². The number of rotatable bonds is 4. The molecule has 2 amide bonds. The summed E-state index contributed by atoms with van der Waals surface area (Å²) in [6.07, 6.45) is -4.79. The average molecular weight is 362 g/mol. The molecule has 10 heteroatoms. The van der Waals surface area contributed by atoms with E-state index in [1.54, 1.807) is 0 Å². The Morgan fingerprint density at radius 2 is 2.08 bits per heavy atom. The second-order valence-electron chi connectivity index (χ2n) is 5.05. The molecule has 1 aliphatic heterocycles. The molecule has 0 bridgehead atoms. The summed E-state index contributed by atoms with van der Waals surface area (Å²) in [6, 6.07) is 3.14. The van der Waals surface area contributed by atoms with Crippen LogP contribution in [-0.2, 0) is 20.6 Å². The molecular formula is C14H13F3N2O4S. The SMILES string of the molecule is O=C(CC1SCC(C(=O)O)NC1=O)Nc1cccc(C(F)(F)F)c1. The Morgan fingerprint density at radius 3 is 2.67 bits per heavy atom. The zero-order valence-electron chi connectivity index (χ0n) is 12.1. The van der Waals surface area contributed by atoms with Crippen LogP contribution in [0.2, 0.25) is 0 Å². The van der Waals surface area contributed by atoms with E-state index in [1.807, 2.05) is 0 Å². The molecule has 0 saturated carbocycles. The van der Waals surface area contributed by atoms with Gasteiger partial charge in [0.1, 0.15) is 6.04 Å². The maximum absolute atomic E-state index is 12.6. The fraction of sp³-hybridized carbons (Fsp3) is 0.357. The molecule has 0 aliphatic carbocycles. The van der Waals surface area contributed by atoms with E-state index in [1.165, 1.54) is 6.07 Å². The largest absolute Gasteiger partial charge is 0.480 e. The third-order valence-corrected chi connectivity index (χ3v) is 4.52. The first-order valence-corrected chi connectivity index (χ1v) is 7.83. The molecule has 6 nitrogen and oxygen atoms in total. The minimum Gasteiger partial charge on any atom is -0.480 e. The average Bonchev–Trinajstić information content (AvgIpc) is 2.48. The molecule has 1 saturated heterocycles. The number of thioether (sulfide) groups is 1. The third-order valence-electron chi connectivity index (χ3n) is 3.22. The quantitative estimate of drug-likeness (QED) is 0.758. The summed E-state index contributed by atoms with van der Waals surface area (Å²) in [5.41, 5.74) is -0.922. The molecule has 1 aromatic rings. The second-order valence-corrected chi connectivity index (χ2v) is 6.29. The van der Waals surface area contributed by atoms with Crippen LogP contribution in [0.5, 0.6) is 0 Å². The maximum atomic E-state index is 12.6. The van der Waals surface area contributed by atoms with Gasteiger partial charge in [-0.15, -0.1) is 11.8 Å². The summed E-state index contributed by atoms with van der Waals surface area (Å²) in [5.74, 6) is -2.26. The smallest absolute Gasteiger partial charge is 0.416 e. The van der Waals surface area contributed by atoms with Gasteiger partial charge in [0, 0.05) is 17.9 Å². The third kappa shape index (κ3) is 4.63. The zero-order valence-corrected chi connectivity index (χ0v) is 12.9. The Bertz CT molecular complexity index is 666. The van der Waals surface area contributed by atoms with Crippen LogP contribution < -0.4 is 10.6 Å². The van der Waals surface area contributed by atoms with Gasteiger partial charge in [-0.25, -0.2) is 4.79 Å². The fourth-order valence-electron chi connectivity index (χ4n) is 2.03. The number of hydrogen-bond acceptors (Lipinski definition) is 4. The van der Waals surface area contributed by atoms with Crippen LogP contribution >= 0.6 is 11.8 Å². The number of halogens is 3. The molecule has 1 aliphatic rings. The molecule has 2 unspecified atom stereocenters. The van der Waals surface area contributed by atoms with E-state index >= 15 is 0 Å². The van der Waals surface area contributed by atoms with Crippen molar-refractivity contribution in [3.63, 3.8) is 0 Å². The summed E-state index contributed by atoms with van der Waals surface area (Å²) in [5, 5.41) is 12.6. The lowest BCUT2D eigenvalue weighted by Gasteiger charge is -2.25. The van der Waals surface area contributed by atoms with Crippen LogP contribution in [0.3, 0.4) is 0 Å². The molecule has 0 spiro atoms. The molecule has 24 heavy (non-hydrogen) atoms.